The zero-order valence-corrected chi connectivity index (χ0v) is 11.1. The highest BCUT2D eigenvalue weighted by molar-refractivity contribution is 7.99. The van der Waals surface area contributed by atoms with Gasteiger partial charge in [0.15, 0.2) is 0 Å². The molecule has 0 aromatic heterocycles. The van der Waals surface area contributed by atoms with Gasteiger partial charge in [0, 0.05) is 4.90 Å². The Morgan fingerprint density at radius 1 is 1.05 bits per heavy atom. The summed E-state index contributed by atoms with van der Waals surface area (Å²) in [6, 6.07) is 17.2. The third-order valence-corrected chi connectivity index (χ3v) is 3.31. The fourth-order valence-electron chi connectivity index (χ4n) is 1.56. The molecule has 0 amide bonds. The van der Waals surface area contributed by atoms with E-state index in [9.17, 15) is 4.79 Å². The van der Waals surface area contributed by atoms with Crippen molar-refractivity contribution >= 4 is 17.7 Å². The van der Waals surface area contributed by atoms with E-state index in [4.69, 9.17) is 9.84 Å². The molecule has 0 atom stereocenters. The van der Waals surface area contributed by atoms with Crippen molar-refractivity contribution in [3.63, 3.8) is 0 Å². The first-order valence-electron chi connectivity index (χ1n) is 5.85. The van der Waals surface area contributed by atoms with Crippen molar-refractivity contribution in [1.29, 1.82) is 0 Å². The maximum absolute atomic E-state index is 10.5. The van der Waals surface area contributed by atoms with Gasteiger partial charge in [0.2, 0.25) is 0 Å². The average Bonchev–Trinajstić information content (AvgIpc) is 2.41. The topological polar surface area (TPSA) is 46.5 Å². The summed E-state index contributed by atoms with van der Waals surface area (Å²) in [4.78, 5) is 11.7. The quantitative estimate of drug-likeness (QED) is 0.647. The lowest BCUT2D eigenvalue weighted by Gasteiger charge is -2.06. The van der Waals surface area contributed by atoms with E-state index < -0.39 is 5.97 Å². The normalized spacial score (nSPS) is 10.1. The van der Waals surface area contributed by atoms with E-state index in [0.717, 1.165) is 16.2 Å². The van der Waals surface area contributed by atoms with Crippen LogP contribution in [-0.2, 0) is 11.2 Å². The number of carbonyl (C=O) groups is 1. The second-order valence-electron chi connectivity index (χ2n) is 3.93. The van der Waals surface area contributed by atoms with Crippen LogP contribution in [-0.4, -0.2) is 17.0 Å². The molecule has 3 nitrogen and oxygen atoms in total. The van der Waals surface area contributed by atoms with Crippen LogP contribution >= 0.6 is 11.8 Å². The van der Waals surface area contributed by atoms with Crippen molar-refractivity contribution in [1.82, 2.24) is 0 Å². The number of benzene rings is 2. The number of carboxylic acid groups (broad SMARTS) is 1. The van der Waals surface area contributed by atoms with Crippen LogP contribution in [0.25, 0.3) is 0 Å². The van der Waals surface area contributed by atoms with Gasteiger partial charge in [-0.3, -0.25) is 4.79 Å². The van der Waals surface area contributed by atoms with E-state index in [1.54, 1.807) is 36.0 Å². The third kappa shape index (κ3) is 4.67. The summed E-state index contributed by atoms with van der Waals surface area (Å²) in [5.41, 5.74) is 0.774. The Morgan fingerprint density at radius 3 is 2.37 bits per heavy atom. The minimum Gasteiger partial charge on any atom is -0.483 e. The largest absolute Gasteiger partial charge is 0.483 e. The Hall–Kier alpha value is -1.94. The fourth-order valence-corrected chi connectivity index (χ4v) is 2.24. The molecule has 0 saturated heterocycles. The molecular weight excluding hydrogens is 260 g/mol. The van der Waals surface area contributed by atoms with E-state index in [1.807, 2.05) is 30.3 Å². The van der Waals surface area contributed by atoms with Gasteiger partial charge in [-0.1, -0.05) is 42.1 Å². The Labute approximate surface area is 116 Å². The average molecular weight is 274 g/mol. The highest BCUT2D eigenvalue weighted by Crippen LogP contribution is 2.19. The Kier molecular flexibility index (Phi) is 4.86. The van der Waals surface area contributed by atoms with Gasteiger partial charge in [-0.25, -0.2) is 0 Å². The van der Waals surface area contributed by atoms with Crippen molar-refractivity contribution in [2.24, 2.45) is 0 Å². The molecule has 2 aromatic carbocycles. The summed E-state index contributed by atoms with van der Waals surface area (Å²) in [6.07, 6.45) is 0.0407. The van der Waals surface area contributed by atoms with Crippen molar-refractivity contribution in [3.8, 4) is 5.75 Å². The molecule has 2 rings (SSSR count). The zero-order valence-electron chi connectivity index (χ0n) is 10.3. The van der Waals surface area contributed by atoms with E-state index >= 15 is 0 Å². The fraction of sp³-hybridized carbons (Fsp3) is 0.133. The molecule has 98 valence electrons. The van der Waals surface area contributed by atoms with Gasteiger partial charge in [-0.15, -0.1) is 0 Å². The molecule has 0 unspecified atom stereocenters. The lowest BCUT2D eigenvalue weighted by Crippen LogP contribution is -2.00. The summed E-state index contributed by atoms with van der Waals surface area (Å²) >= 11 is 1.61. The van der Waals surface area contributed by atoms with Gasteiger partial charge >= 0.3 is 5.97 Å². The van der Waals surface area contributed by atoms with Crippen LogP contribution in [0.15, 0.2) is 59.5 Å². The second-order valence-corrected chi connectivity index (χ2v) is 4.93. The molecule has 1 N–H and O–H groups in total. The molecule has 0 aliphatic heterocycles. The molecule has 0 aliphatic carbocycles. The number of hydrogen-bond acceptors (Lipinski definition) is 3. The second kappa shape index (κ2) is 6.85. The molecule has 19 heavy (non-hydrogen) atoms. The van der Waals surface area contributed by atoms with Crippen LogP contribution in [0, 0.1) is 0 Å². The van der Waals surface area contributed by atoms with Crippen molar-refractivity contribution in [2.45, 2.75) is 11.3 Å². The van der Waals surface area contributed by atoms with Crippen molar-refractivity contribution < 1.29 is 14.6 Å². The lowest BCUT2D eigenvalue weighted by atomic mass is 10.1. The lowest BCUT2D eigenvalue weighted by molar-refractivity contribution is -0.136. The Bertz CT molecular complexity index is 523. The molecule has 0 aliphatic rings. The molecule has 0 bridgehead atoms. The van der Waals surface area contributed by atoms with Crippen LogP contribution < -0.4 is 4.74 Å². The van der Waals surface area contributed by atoms with Gasteiger partial charge in [0.25, 0.3) is 0 Å². The molecule has 0 heterocycles. The molecule has 0 fully saturated rings. The smallest absolute Gasteiger partial charge is 0.307 e. The molecule has 4 heteroatoms. The molecule has 2 aromatic rings. The number of thioether (sulfide) groups is 1. The van der Waals surface area contributed by atoms with Gasteiger partial charge in [-0.2, -0.15) is 0 Å². The first-order chi connectivity index (χ1) is 9.24. The van der Waals surface area contributed by atoms with Gasteiger partial charge in [0.05, 0.1) is 6.42 Å². The van der Waals surface area contributed by atoms with Gasteiger partial charge < -0.3 is 9.84 Å². The van der Waals surface area contributed by atoms with Gasteiger partial charge in [-0.05, 0) is 29.8 Å². The SMILES string of the molecule is O=C(O)Cc1ccc(OCSc2ccccc2)cc1. The molecular formula is C15H14O3S. The first-order valence-corrected chi connectivity index (χ1v) is 6.84. The van der Waals surface area contributed by atoms with Crippen LogP contribution in [0.3, 0.4) is 0 Å². The van der Waals surface area contributed by atoms with Crippen LogP contribution in [0.4, 0.5) is 0 Å². The van der Waals surface area contributed by atoms with Crippen LogP contribution in [0.1, 0.15) is 5.56 Å². The molecule has 0 radical (unpaired) electrons. The maximum atomic E-state index is 10.5. The predicted octanol–water partition coefficient (Wildman–Crippen LogP) is 3.44. The predicted molar refractivity (Wildman–Crippen MR) is 75.6 cm³/mol. The van der Waals surface area contributed by atoms with Crippen LogP contribution in [0.5, 0.6) is 5.75 Å². The minimum absolute atomic E-state index is 0.0407. The first kappa shape index (κ1) is 13.5. The third-order valence-electron chi connectivity index (χ3n) is 2.47. The highest BCUT2D eigenvalue weighted by Gasteiger charge is 2.01. The summed E-state index contributed by atoms with van der Waals surface area (Å²) in [5.74, 6) is 0.452. The van der Waals surface area contributed by atoms with Crippen molar-refractivity contribution in [2.75, 3.05) is 5.94 Å². The Morgan fingerprint density at radius 2 is 1.74 bits per heavy atom. The zero-order chi connectivity index (χ0) is 13.5. The van der Waals surface area contributed by atoms with Crippen LogP contribution in [0.2, 0.25) is 0 Å². The molecule has 0 spiro atoms. The summed E-state index contributed by atoms with van der Waals surface area (Å²) in [7, 11) is 0. The number of hydrogen-bond donors (Lipinski definition) is 1. The van der Waals surface area contributed by atoms with E-state index in [-0.39, 0.29) is 6.42 Å². The number of rotatable bonds is 6. The Balaban J connectivity index is 1.81. The summed E-state index contributed by atoms with van der Waals surface area (Å²) in [6.45, 7) is 0. The van der Waals surface area contributed by atoms with Crippen molar-refractivity contribution in [3.05, 3.63) is 60.2 Å². The van der Waals surface area contributed by atoms with Gasteiger partial charge in [0.1, 0.15) is 11.7 Å². The minimum atomic E-state index is -0.826. The van der Waals surface area contributed by atoms with E-state index in [1.165, 1.54) is 0 Å². The monoisotopic (exact) mass is 274 g/mol. The van der Waals surface area contributed by atoms with E-state index in [0.29, 0.717) is 5.94 Å². The number of ether oxygens (including phenoxy) is 1. The molecule has 0 saturated carbocycles. The standard InChI is InChI=1S/C15H14O3S/c16-15(17)10-12-6-8-13(9-7-12)18-11-19-14-4-2-1-3-5-14/h1-9H,10-11H2,(H,16,17). The maximum Gasteiger partial charge on any atom is 0.307 e. The highest BCUT2D eigenvalue weighted by atomic mass is 32.2. The number of carboxylic acids is 1. The summed E-state index contributed by atoms with van der Waals surface area (Å²) in [5, 5.41) is 8.67. The van der Waals surface area contributed by atoms with E-state index in [2.05, 4.69) is 0 Å². The summed E-state index contributed by atoms with van der Waals surface area (Å²) < 4.78 is 5.59. The number of aliphatic carboxylic acids is 1.